The molecule has 0 saturated carbocycles. The number of carbonyl (C=O) groups excluding carboxylic acids is 1. The van der Waals surface area contributed by atoms with Gasteiger partial charge in [0.05, 0.1) is 5.69 Å². The van der Waals surface area contributed by atoms with Crippen molar-refractivity contribution in [3.05, 3.63) is 59.7 Å². The summed E-state index contributed by atoms with van der Waals surface area (Å²) in [5, 5.41) is 15.5. The molecule has 1 amide bonds. The molecule has 0 aliphatic carbocycles. The first kappa shape index (κ1) is 15.5. The molecule has 4 rings (SSSR count). The van der Waals surface area contributed by atoms with Crippen molar-refractivity contribution in [1.82, 2.24) is 29.9 Å². The van der Waals surface area contributed by atoms with Gasteiger partial charge in [0.2, 0.25) is 0 Å². The lowest BCUT2D eigenvalue weighted by molar-refractivity contribution is 0.0922. The number of fused-ring (bicyclic) bond motifs is 1. The zero-order valence-electron chi connectivity index (χ0n) is 13.7. The Labute approximate surface area is 143 Å². The van der Waals surface area contributed by atoms with Crippen molar-refractivity contribution >= 4 is 5.91 Å². The molecule has 128 valence electrons. The topological polar surface area (TPSA) is 77.6 Å². The van der Waals surface area contributed by atoms with E-state index in [-0.39, 0.29) is 17.8 Å². The summed E-state index contributed by atoms with van der Waals surface area (Å²) in [6.45, 7) is 2.57. The van der Waals surface area contributed by atoms with E-state index < -0.39 is 0 Å². The van der Waals surface area contributed by atoms with E-state index in [2.05, 4.69) is 20.6 Å². The molecule has 0 radical (unpaired) electrons. The summed E-state index contributed by atoms with van der Waals surface area (Å²) in [5.74, 6) is 1.29. The minimum Gasteiger partial charge on any atom is -0.346 e. The highest BCUT2D eigenvalue weighted by Crippen LogP contribution is 2.15. The highest BCUT2D eigenvalue weighted by Gasteiger charge is 2.23. The molecule has 1 unspecified atom stereocenters. The molecule has 0 saturated heterocycles. The van der Waals surface area contributed by atoms with E-state index >= 15 is 0 Å². The average Bonchev–Trinajstić information content (AvgIpc) is 3.24. The first-order chi connectivity index (χ1) is 12.1. The summed E-state index contributed by atoms with van der Waals surface area (Å²) in [7, 11) is 0. The molecule has 25 heavy (non-hydrogen) atoms. The number of aryl methyl sites for hydroxylation is 2. The van der Waals surface area contributed by atoms with E-state index in [1.807, 2.05) is 11.5 Å². The SMILES string of the molecule is Cc1nnc2n1CC(NC(=O)c1ccn(-c3ccc(F)cc3)n1)CC2. The Morgan fingerprint density at radius 1 is 1.24 bits per heavy atom. The lowest BCUT2D eigenvalue weighted by Crippen LogP contribution is -2.41. The number of amides is 1. The second-order valence-electron chi connectivity index (χ2n) is 6.11. The molecular formula is C17H17FN6O. The molecule has 1 N–H and O–H groups in total. The van der Waals surface area contributed by atoms with Gasteiger partial charge in [-0.15, -0.1) is 10.2 Å². The molecule has 0 fully saturated rings. The maximum absolute atomic E-state index is 13.0. The van der Waals surface area contributed by atoms with E-state index in [4.69, 9.17) is 0 Å². The molecule has 1 aliphatic heterocycles. The summed E-state index contributed by atoms with van der Waals surface area (Å²) in [5.41, 5.74) is 1.03. The highest BCUT2D eigenvalue weighted by molar-refractivity contribution is 5.92. The predicted molar refractivity (Wildman–Crippen MR) is 87.9 cm³/mol. The van der Waals surface area contributed by atoms with Crippen LogP contribution in [0.5, 0.6) is 0 Å². The lowest BCUT2D eigenvalue weighted by Gasteiger charge is -2.24. The predicted octanol–water partition coefficient (Wildman–Crippen LogP) is 1.66. The molecule has 0 spiro atoms. The van der Waals surface area contributed by atoms with Crippen molar-refractivity contribution in [2.45, 2.75) is 32.4 Å². The van der Waals surface area contributed by atoms with Crippen LogP contribution in [0.3, 0.4) is 0 Å². The van der Waals surface area contributed by atoms with Crippen molar-refractivity contribution in [2.24, 2.45) is 0 Å². The van der Waals surface area contributed by atoms with Gasteiger partial charge < -0.3 is 9.88 Å². The van der Waals surface area contributed by atoms with Crippen molar-refractivity contribution < 1.29 is 9.18 Å². The second-order valence-corrected chi connectivity index (χ2v) is 6.11. The maximum Gasteiger partial charge on any atom is 0.272 e. The van der Waals surface area contributed by atoms with Gasteiger partial charge in [0.25, 0.3) is 5.91 Å². The Hall–Kier alpha value is -3.03. The smallest absolute Gasteiger partial charge is 0.272 e. The number of carbonyl (C=O) groups is 1. The Kier molecular flexibility index (Phi) is 3.79. The van der Waals surface area contributed by atoms with Crippen LogP contribution in [0.25, 0.3) is 5.69 Å². The Morgan fingerprint density at radius 2 is 2.04 bits per heavy atom. The van der Waals surface area contributed by atoms with Gasteiger partial charge in [0.15, 0.2) is 5.69 Å². The minimum atomic E-state index is -0.310. The van der Waals surface area contributed by atoms with Crippen molar-refractivity contribution in [3.8, 4) is 5.69 Å². The number of benzene rings is 1. The Morgan fingerprint density at radius 3 is 2.84 bits per heavy atom. The fraction of sp³-hybridized carbons (Fsp3) is 0.294. The number of hydrogen-bond donors (Lipinski definition) is 1. The van der Waals surface area contributed by atoms with Crippen LogP contribution in [0, 0.1) is 12.7 Å². The highest BCUT2D eigenvalue weighted by atomic mass is 19.1. The van der Waals surface area contributed by atoms with Crippen LogP contribution in [0.2, 0.25) is 0 Å². The third-order valence-electron chi connectivity index (χ3n) is 4.38. The van der Waals surface area contributed by atoms with Crippen molar-refractivity contribution in [3.63, 3.8) is 0 Å². The summed E-state index contributed by atoms with van der Waals surface area (Å²) >= 11 is 0. The van der Waals surface area contributed by atoms with E-state index in [0.717, 1.165) is 24.5 Å². The molecule has 1 aromatic carbocycles. The van der Waals surface area contributed by atoms with Crippen LogP contribution in [-0.4, -0.2) is 36.5 Å². The van der Waals surface area contributed by atoms with Crippen LogP contribution < -0.4 is 5.32 Å². The monoisotopic (exact) mass is 340 g/mol. The number of rotatable bonds is 3. The zero-order valence-corrected chi connectivity index (χ0v) is 13.7. The van der Waals surface area contributed by atoms with E-state index in [1.54, 1.807) is 29.1 Å². The zero-order chi connectivity index (χ0) is 17.4. The van der Waals surface area contributed by atoms with Gasteiger partial charge in [0.1, 0.15) is 17.5 Å². The molecule has 3 aromatic rings. The van der Waals surface area contributed by atoms with E-state index in [0.29, 0.717) is 17.9 Å². The maximum atomic E-state index is 13.0. The fourth-order valence-corrected chi connectivity index (χ4v) is 3.02. The number of halogens is 1. The van der Waals surface area contributed by atoms with Gasteiger partial charge in [-0.3, -0.25) is 4.79 Å². The van der Waals surface area contributed by atoms with Gasteiger partial charge in [0, 0.05) is 25.2 Å². The Balaban J connectivity index is 1.45. The normalized spacial score (nSPS) is 16.5. The second kappa shape index (κ2) is 6.12. The fourth-order valence-electron chi connectivity index (χ4n) is 3.02. The number of hydrogen-bond acceptors (Lipinski definition) is 4. The van der Waals surface area contributed by atoms with Crippen LogP contribution in [0.4, 0.5) is 4.39 Å². The molecule has 0 bridgehead atoms. The van der Waals surface area contributed by atoms with Crippen LogP contribution in [0.15, 0.2) is 36.5 Å². The van der Waals surface area contributed by atoms with Gasteiger partial charge in [-0.1, -0.05) is 0 Å². The first-order valence-electron chi connectivity index (χ1n) is 8.11. The molecular weight excluding hydrogens is 323 g/mol. The number of nitrogens with one attached hydrogen (secondary N) is 1. The lowest BCUT2D eigenvalue weighted by atomic mass is 10.1. The van der Waals surface area contributed by atoms with E-state index in [1.165, 1.54) is 12.1 Å². The molecule has 7 nitrogen and oxygen atoms in total. The van der Waals surface area contributed by atoms with Gasteiger partial charge in [-0.2, -0.15) is 5.10 Å². The number of nitrogens with zero attached hydrogens (tertiary/aromatic N) is 5. The van der Waals surface area contributed by atoms with Crippen LogP contribution in [0.1, 0.15) is 28.6 Å². The standard InChI is InChI=1S/C17H17FN6O/c1-11-20-21-16-7-4-13(10-23(11)16)19-17(25)15-8-9-24(22-15)14-5-2-12(18)3-6-14/h2-3,5-6,8-9,13H,4,7,10H2,1H3,(H,19,25). The molecule has 3 heterocycles. The molecule has 2 aromatic heterocycles. The quantitative estimate of drug-likeness (QED) is 0.786. The third-order valence-corrected chi connectivity index (χ3v) is 4.38. The van der Waals surface area contributed by atoms with Crippen LogP contribution >= 0.6 is 0 Å². The van der Waals surface area contributed by atoms with E-state index in [9.17, 15) is 9.18 Å². The number of aromatic nitrogens is 5. The van der Waals surface area contributed by atoms with Gasteiger partial charge in [-0.25, -0.2) is 9.07 Å². The molecule has 1 atom stereocenters. The molecule has 1 aliphatic rings. The minimum absolute atomic E-state index is 0.0191. The van der Waals surface area contributed by atoms with Crippen LogP contribution in [-0.2, 0) is 13.0 Å². The third kappa shape index (κ3) is 3.02. The van der Waals surface area contributed by atoms with Gasteiger partial charge in [-0.05, 0) is 43.7 Å². The van der Waals surface area contributed by atoms with Gasteiger partial charge >= 0.3 is 0 Å². The molecule has 8 heteroatoms. The first-order valence-corrected chi connectivity index (χ1v) is 8.11. The van der Waals surface area contributed by atoms with Crippen molar-refractivity contribution in [2.75, 3.05) is 0 Å². The van der Waals surface area contributed by atoms with Crippen molar-refractivity contribution in [1.29, 1.82) is 0 Å². The Bertz CT molecular complexity index is 914. The largest absolute Gasteiger partial charge is 0.346 e. The summed E-state index contributed by atoms with van der Waals surface area (Å²) in [6, 6.07) is 7.61. The summed E-state index contributed by atoms with van der Waals surface area (Å²) in [4.78, 5) is 12.5. The summed E-state index contributed by atoms with van der Waals surface area (Å²) in [6.07, 6.45) is 3.30. The average molecular weight is 340 g/mol. The summed E-state index contributed by atoms with van der Waals surface area (Å²) < 4.78 is 16.6.